The highest BCUT2D eigenvalue weighted by atomic mass is 79.9. The molecule has 5 aromatic rings. The van der Waals surface area contributed by atoms with Crippen molar-refractivity contribution in [3.05, 3.63) is 105 Å². The number of hydrogen-bond acceptors (Lipinski definition) is 8. The molecule has 1 amide bonds. The minimum absolute atomic E-state index is 0.0565. The van der Waals surface area contributed by atoms with Crippen molar-refractivity contribution in [1.29, 1.82) is 0 Å². The molecule has 0 saturated carbocycles. The van der Waals surface area contributed by atoms with Crippen LogP contribution in [0.15, 0.2) is 92.5 Å². The van der Waals surface area contributed by atoms with Crippen LogP contribution in [0.5, 0.6) is 11.5 Å². The molecule has 3 heterocycles. The molecule has 3 aromatic carbocycles. The number of H-pyrrole nitrogens is 1. The summed E-state index contributed by atoms with van der Waals surface area (Å²) in [5, 5.41) is 11.0. The number of methoxy groups -OCH3 is 2. The van der Waals surface area contributed by atoms with Gasteiger partial charge in [0.2, 0.25) is 0 Å². The summed E-state index contributed by atoms with van der Waals surface area (Å²) in [6.07, 6.45) is 1.86. The average molecular weight is 664 g/mol. The van der Waals surface area contributed by atoms with Gasteiger partial charge in [-0.3, -0.25) is 9.59 Å². The highest BCUT2D eigenvalue weighted by molar-refractivity contribution is 9.10. The van der Waals surface area contributed by atoms with E-state index in [0.717, 1.165) is 33.1 Å². The molecule has 0 saturated heterocycles. The smallest absolute Gasteiger partial charge is 0.262 e. The molecule has 43 heavy (non-hydrogen) atoms. The minimum atomic E-state index is -0.453. The Morgan fingerprint density at radius 1 is 1.09 bits per heavy atom. The molecule has 10 nitrogen and oxygen atoms in total. The first-order valence-corrected chi connectivity index (χ1v) is 14.9. The Bertz CT molecular complexity index is 1910. The predicted molar refractivity (Wildman–Crippen MR) is 165 cm³/mol. The number of rotatable bonds is 8. The van der Waals surface area contributed by atoms with Crippen LogP contribution >= 0.6 is 27.7 Å². The summed E-state index contributed by atoms with van der Waals surface area (Å²) < 4.78 is 27.0. The fraction of sp³-hybridized carbons (Fsp3) is 0.167. The fourth-order valence-corrected chi connectivity index (χ4v) is 5.88. The van der Waals surface area contributed by atoms with Gasteiger partial charge in [0.05, 0.1) is 43.6 Å². The SMILES string of the molecule is COc1cccc(C2CC(c3ccc(Br)cc3)=NN2C(=O)CSc2nc3c(cnn3-c3ccc(F)cc3)c(=O)[nH]2)c1OC. The molecule has 1 unspecified atom stereocenters. The molecule has 0 spiro atoms. The molecular formula is C30H24BrFN6O4S. The Labute approximate surface area is 257 Å². The van der Waals surface area contributed by atoms with E-state index in [1.54, 1.807) is 32.4 Å². The first-order chi connectivity index (χ1) is 20.9. The van der Waals surface area contributed by atoms with E-state index in [-0.39, 0.29) is 22.2 Å². The third-order valence-electron chi connectivity index (χ3n) is 6.96. The number of aromatic nitrogens is 4. The lowest BCUT2D eigenvalue weighted by Gasteiger charge is -2.24. The van der Waals surface area contributed by atoms with Gasteiger partial charge < -0.3 is 14.5 Å². The molecule has 1 aliphatic rings. The van der Waals surface area contributed by atoms with Crippen molar-refractivity contribution in [3.8, 4) is 17.2 Å². The van der Waals surface area contributed by atoms with Crippen LogP contribution in [0.1, 0.15) is 23.6 Å². The van der Waals surface area contributed by atoms with Crippen molar-refractivity contribution in [2.24, 2.45) is 5.10 Å². The van der Waals surface area contributed by atoms with Gasteiger partial charge in [-0.1, -0.05) is 52.0 Å². The number of halogens is 2. The number of fused-ring (bicyclic) bond motifs is 1. The number of benzene rings is 3. The van der Waals surface area contributed by atoms with Crippen LogP contribution in [-0.2, 0) is 4.79 Å². The highest BCUT2D eigenvalue weighted by Gasteiger charge is 2.35. The van der Waals surface area contributed by atoms with Gasteiger partial charge in [-0.15, -0.1) is 0 Å². The van der Waals surface area contributed by atoms with Crippen LogP contribution in [0, 0.1) is 5.82 Å². The topological polar surface area (TPSA) is 115 Å². The van der Waals surface area contributed by atoms with Gasteiger partial charge >= 0.3 is 0 Å². The zero-order valence-electron chi connectivity index (χ0n) is 23.0. The molecular weight excluding hydrogens is 639 g/mol. The van der Waals surface area contributed by atoms with E-state index in [4.69, 9.17) is 14.6 Å². The number of hydrogen-bond donors (Lipinski definition) is 1. The zero-order chi connectivity index (χ0) is 30.1. The first-order valence-electron chi connectivity index (χ1n) is 13.1. The monoisotopic (exact) mass is 662 g/mol. The molecule has 0 fully saturated rings. The summed E-state index contributed by atoms with van der Waals surface area (Å²) in [4.78, 5) is 33.9. The van der Waals surface area contributed by atoms with Crippen molar-refractivity contribution in [1.82, 2.24) is 24.8 Å². The van der Waals surface area contributed by atoms with E-state index in [2.05, 4.69) is 31.0 Å². The van der Waals surface area contributed by atoms with Gasteiger partial charge in [-0.2, -0.15) is 10.2 Å². The molecule has 0 aliphatic carbocycles. The Morgan fingerprint density at radius 2 is 1.86 bits per heavy atom. The standard InChI is InChI=1S/C30H24BrFN6O4S/c1-41-25-5-3-4-21(27(25)42-2)24-14-23(17-6-8-18(31)9-7-17)36-38(24)26(39)16-43-30-34-28-22(29(40)35-30)15-33-37(28)20-12-10-19(32)11-13-20/h3-13,15,24H,14,16H2,1-2H3,(H,34,35,40). The third-order valence-corrected chi connectivity index (χ3v) is 8.34. The van der Waals surface area contributed by atoms with E-state index in [1.807, 2.05) is 36.4 Å². The molecule has 218 valence electrons. The van der Waals surface area contributed by atoms with Crippen LogP contribution in [0.4, 0.5) is 4.39 Å². The summed E-state index contributed by atoms with van der Waals surface area (Å²) in [5.74, 6) is 0.337. The Kier molecular flexibility index (Phi) is 8.00. The van der Waals surface area contributed by atoms with Gasteiger partial charge in [0.1, 0.15) is 11.2 Å². The maximum absolute atomic E-state index is 13.8. The molecule has 0 bridgehead atoms. The van der Waals surface area contributed by atoms with Crippen LogP contribution < -0.4 is 15.0 Å². The van der Waals surface area contributed by atoms with Crippen LogP contribution in [-0.4, -0.2) is 56.3 Å². The van der Waals surface area contributed by atoms with E-state index in [1.165, 1.54) is 28.0 Å². The summed E-state index contributed by atoms with van der Waals surface area (Å²) in [6, 6.07) is 18.5. The van der Waals surface area contributed by atoms with E-state index in [0.29, 0.717) is 29.3 Å². The van der Waals surface area contributed by atoms with Gasteiger partial charge in [0.15, 0.2) is 22.3 Å². The Balaban J connectivity index is 1.31. The summed E-state index contributed by atoms with van der Waals surface area (Å²) in [6.45, 7) is 0. The highest BCUT2D eigenvalue weighted by Crippen LogP contribution is 2.42. The molecule has 1 aliphatic heterocycles. The summed E-state index contributed by atoms with van der Waals surface area (Å²) in [5.41, 5.74) is 2.83. The number of aromatic amines is 1. The lowest BCUT2D eigenvalue weighted by molar-refractivity contribution is -0.130. The fourth-order valence-electron chi connectivity index (χ4n) is 4.91. The van der Waals surface area contributed by atoms with Gasteiger partial charge in [0, 0.05) is 16.5 Å². The second kappa shape index (κ2) is 12.0. The number of para-hydroxylation sites is 1. The number of thioether (sulfide) groups is 1. The average Bonchev–Trinajstić information content (AvgIpc) is 3.66. The number of nitrogens with zero attached hydrogens (tertiary/aromatic N) is 5. The summed E-state index contributed by atoms with van der Waals surface area (Å²) >= 11 is 4.54. The van der Waals surface area contributed by atoms with Crippen molar-refractivity contribution in [3.63, 3.8) is 0 Å². The van der Waals surface area contributed by atoms with Gasteiger partial charge in [0.25, 0.3) is 11.5 Å². The lowest BCUT2D eigenvalue weighted by Crippen LogP contribution is -2.29. The molecule has 2 aromatic heterocycles. The first kappa shape index (κ1) is 28.6. The second-order valence-electron chi connectivity index (χ2n) is 9.52. The quantitative estimate of drug-likeness (QED) is 0.172. The Morgan fingerprint density at radius 3 is 2.58 bits per heavy atom. The number of carbonyl (C=O) groups is 1. The van der Waals surface area contributed by atoms with E-state index >= 15 is 0 Å². The van der Waals surface area contributed by atoms with Crippen molar-refractivity contribution in [2.45, 2.75) is 17.6 Å². The van der Waals surface area contributed by atoms with Crippen molar-refractivity contribution < 1.29 is 18.7 Å². The third kappa shape index (κ3) is 5.65. The normalized spacial score (nSPS) is 14.7. The maximum Gasteiger partial charge on any atom is 0.262 e. The number of carbonyl (C=O) groups excluding carboxylic acids is 1. The largest absolute Gasteiger partial charge is 0.493 e. The van der Waals surface area contributed by atoms with Crippen molar-refractivity contribution in [2.75, 3.05) is 20.0 Å². The Hall–Kier alpha value is -4.49. The summed E-state index contributed by atoms with van der Waals surface area (Å²) in [7, 11) is 3.12. The number of ether oxygens (including phenoxy) is 2. The van der Waals surface area contributed by atoms with Crippen molar-refractivity contribution >= 4 is 50.3 Å². The predicted octanol–water partition coefficient (Wildman–Crippen LogP) is 5.50. The molecule has 13 heteroatoms. The molecule has 1 atom stereocenters. The van der Waals surface area contributed by atoms with Crippen LogP contribution in [0.3, 0.4) is 0 Å². The second-order valence-corrected chi connectivity index (χ2v) is 11.4. The number of nitrogens with one attached hydrogen (secondary N) is 1. The van der Waals surface area contributed by atoms with Gasteiger partial charge in [-0.05, 0) is 48.0 Å². The van der Waals surface area contributed by atoms with E-state index < -0.39 is 17.4 Å². The molecule has 6 rings (SSSR count). The minimum Gasteiger partial charge on any atom is -0.493 e. The molecule has 0 radical (unpaired) electrons. The van der Waals surface area contributed by atoms with Crippen LogP contribution in [0.2, 0.25) is 0 Å². The molecule has 1 N–H and O–H groups in total. The number of amides is 1. The van der Waals surface area contributed by atoms with Crippen LogP contribution in [0.25, 0.3) is 16.7 Å². The maximum atomic E-state index is 13.8. The van der Waals surface area contributed by atoms with E-state index in [9.17, 15) is 14.0 Å². The number of hydrazone groups is 1. The van der Waals surface area contributed by atoms with Gasteiger partial charge in [-0.25, -0.2) is 19.1 Å². The lowest BCUT2D eigenvalue weighted by atomic mass is 9.97. The zero-order valence-corrected chi connectivity index (χ0v) is 25.4.